The zero-order valence-corrected chi connectivity index (χ0v) is 17.2. The Morgan fingerprint density at radius 2 is 1.68 bits per heavy atom. The van der Waals surface area contributed by atoms with Crippen LogP contribution in [-0.4, -0.2) is 18.7 Å². The molecule has 3 aromatic carbocycles. The first kappa shape index (κ1) is 21.6. The molecule has 0 unspecified atom stereocenters. The fourth-order valence-electron chi connectivity index (χ4n) is 2.84. The number of carbonyl (C=O) groups excluding carboxylic acids is 1. The third-order valence-corrected chi connectivity index (χ3v) is 4.41. The van der Waals surface area contributed by atoms with Crippen LogP contribution >= 0.6 is 0 Å². The van der Waals surface area contributed by atoms with Crippen molar-refractivity contribution >= 4 is 12.1 Å². The topological polar surface area (TPSA) is 83.7 Å². The highest BCUT2D eigenvalue weighted by molar-refractivity contribution is 5.83. The number of hydrazone groups is 1. The lowest BCUT2D eigenvalue weighted by Gasteiger charge is -2.07. The first-order valence-electron chi connectivity index (χ1n) is 9.92. The quantitative estimate of drug-likeness (QED) is 0.420. The number of hydrogen-bond acceptors (Lipinski definition) is 5. The molecule has 0 radical (unpaired) electrons. The molecular weight excluding hydrogens is 390 g/mol. The number of rotatable bonds is 9. The molecule has 0 saturated carbocycles. The van der Waals surface area contributed by atoms with Gasteiger partial charge in [0.25, 0.3) is 0 Å². The van der Waals surface area contributed by atoms with Crippen LogP contribution in [0.4, 0.5) is 0 Å². The van der Waals surface area contributed by atoms with Crippen molar-refractivity contribution in [3.05, 3.63) is 95.1 Å². The molecule has 6 nitrogen and oxygen atoms in total. The Morgan fingerprint density at radius 1 is 1.00 bits per heavy atom. The van der Waals surface area contributed by atoms with Crippen LogP contribution in [0.15, 0.2) is 77.9 Å². The van der Waals surface area contributed by atoms with Gasteiger partial charge in [0.05, 0.1) is 30.9 Å². The Morgan fingerprint density at radius 3 is 2.39 bits per heavy atom. The molecule has 0 saturated heterocycles. The van der Waals surface area contributed by atoms with Gasteiger partial charge in [0.1, 0.15) is 18.1 Å². The van der Waals surface area contributed by atoms with Gasteiger partial charge in [-0.15, -0.1) is 0 Å². The molecule has 0 aliphatic rings. The first-order valence-corrected chi connectivity index (χ1v) is 9.92. The molecule has 0 aliphatic heterocycles. The molecule has 1 amide bonds. The Kier molecular flexibility index (Phi) is 7.78. The molecule has 0 fully saturated rings. The van der Waals surface area contributed by atoms with Crippen LogP contribution in [0.3, 0.4) is 0 Å². The van der Waals surface area contributed by atoms with Gasteiger partial charge in [-0.2, -0.15) is 10.4 Å². The summed E-state index contributed by atoms with van der Waals surface area (Å²) < 4.78 is 11.1. The second kappa shape index (κ2) is 11.2. The molecule has 0 aliphatic carbocycles. The summed E-state index contributed by atoms with van der Waals surface area (Å²) in [4.78, 5) is 12.0. The number of benzene rings is 3. The molecule has 0 heterocycles. The van der Waals surface area contributed by atoms with Gasteiger partial charge in [-0.1, -0.05) is 30.3 Å². The van der Waals surface area contributed by atoms with Crippen LogP contribution in [0, 0.1) is 11.3 Å². The molecule has 6 heteroatoms. The minimum absolute atomic E-state index is 0.198. The van der Waals surface area contributed by atoms with Crippen molar-refractivity contribution < 1.29 is 14.3 Å². The number of nitrogens with one attached hydrogen (secondary N) is 1. The summed E-state index contributed by atoms with van der Waals surface area (Å²) in [5.41, 5.74) is 5.68. The van der Waals surface area contributed by atoms with Gasteiger partial charge < -0.3 is 9.47 Å². The van der Waals surface area contributed by atoms with Crippen molar-refractivity contribution in [1.82, 2.24) is 5.43 Å². The average molecular weight is 413 g/mol. The monoisotopic (exact) mass is 413 g/mol. The van der Waals surface area contributed by atoms with E-state index in [9.17, 15) is 4.79 Å². The van der Waals surface area contributed by atoms with Crippen molar-refractivity contribution in [2.24, 2.45) is 5.10 Å². The van der Waals surface area contributed by atoms with Gasteiger partial charge in [-0.3, -0.25) is 4.79 Å². The fourth-order valence-corrected chi connectivity index (χ4v) is 2.84. The number of ether oxygens (including phenoxy) is 2. The van der Waals surface area contributed by atoms with E-state index in [2.05, 4.69) is 16.6 Å². The summed E-state index contributed by atoms with van der Waals surface area (Å²) >= 11 is 0. The number of nitriles is 1. The summed E-state index contributed by atoms with van der Waals surface area (Å²) in [7, 11) is 0. The summed E-state index contributed by atoms with van der Waals surface area (Å²) in [5.74, 6) is 1.27. The zero-order valence-electron chi connectivity index (χ0n) is 17.2. The van der Waals surface area contributed by atoms with Gasteiger partial charge >= 0.3 is 0 Å². The molecule has 156 valence electrons. The third kappa shape index (κ3) is 6.72. The maximum absolute atomic E-state index is 12.0. The van der Waals surface area contributed by atoms with Crippen molar-refractivity contribution in [3.63, 3.8) is 0 Å². The van der Waals surface area contributed by atoms with Crippen molar-refractivity contribution in [1.29, 1.82) is 5.26 Å². The highest BCUT2D eigenvalue weighted by Gasteiger charge is 2.04. The summed E-state index contributed by atoms with van der Waals surface area (Å²) in [5, 5.41) is 13.1. The van der Waals surface area contributed by atoms with Gasteiger partial charge in [0, 0.05) is 5.56 Å². The lowest BCUT2D eigenvalue weighted by Crippen LogP contribution is -2.19. The lowest BCUT2D eigenvalue weighted by molar-refractivity contribution is -0.120. The highest BCUT2D eigenvalue weighted by atomic mass is 16.5. The van der Waals surface area contributed by atoms with E-state index in [1.165, 1.54) is 0 Å². The van der Waals surface area contributed by atoms with E-state index in [0.717, 1.165) is 22.4 Å². The van der Waals surface area contributed by atoms with Gasteiger partial charge in [-0.25, -0.2) is 5.43 Å². The van der Waals surface area contributed by atoms with Crippen LogP contribution in [-0.2, 0) is 17.8 Å². The second-order valence-corrected chi connectivity index (χ2v) is 6.67. The van der Waals surface area contributed by atoms with Crippen molar-refractivity contribution in [2.45, 2.75) is 20.0 Å². The Bertz CT molecular complexity index is 1070. The standard InChI is InChI=1S/C25H23N3O3/c1-2-30-23-11-7-19(8-12-23)15-25(29)28-27-17-20-9-13-24(14-10-20)31-18-22-6-4-3-5-21(22)16-26/h3-14,17H,2,15,18H2,1H3,(H,28,29)/b27-17+. The fraction of sp³-hybridized carbons (Fsp3) is 0.160. The summed E-state index contributed by atoms with van der Waals surface area (Å²) in [6, 6.07) is 24.2. The molecule has 3 aromatic rings. The zero-order chi connectivity index (χ0) is 21.9. The van der Waals surface area contributed by atoms with E-state index in [4.69, 9.17) is 14.7 Å². The van der Waals surface area contributed by atoms with Crippen molar-refractivity contribution in [3.8, 4) is 17.6 Å². The van der Waals surface area contributed by atoms with Gasteiger partial charge in [-0.05, 0) is 60.5 Å². The Hall–Kier alpha value is -4.11. The summed E-state index contributed by atoms with van der Waals surface area (Å²) in [6.07, 6.45) is 1.81. The van der Waals surface area contributed by atoms with Crippen LogP contribution in [0.5, 0.6) is 11.5 Å². The number of hydrogen-bond donors (Lipinski definition) is 1. The first-order chi connectivity index (χ1) is 15.2. The van der Waals surface area contributed by atoms with E-state index in [1.807, 2.05) is 73.7 Å². The molecule has 0 bridgehead atoms. The normalized spacial score (nSPS) is 10.5. The number of nitrogens with zero attached hydrogens (tertiary/aromatic N) is 2. The molecule has 0 aromatic heterocycles. The number of amides is 1. The van der Waals surface area contributed by atoms with Gasteiger partial charge in [0.15, 0.2) is 0 Å². The predicted octanol–water partition coefficient (Wildman–Crippen LogP) is 4.23. The maximum Gasteiger partial charge on any atom is 0.244 e. The average Bonchev–Trinajstić information content (AvgIpc) is 2.80. The van der Waals surface area contributed by atoms with E-state index < -0.39 is 0 Å². The molecule has 31 heavy (non-hydrogen) atoms. The molecule has 0 spiro atoms. The largest absolute Gasteiger partial charge is 0.494 e. The predicted molar refractivity (Wildman–Crippen MR) is 119 cm³/mol. The van der Waals surface area contributed by atoms with Gasteiger partial charge in [0.2, 0.25) is 5.91 Å². The SMILES string of the molecule is CCOc1ccc(CC(=O)N/N=C/c2ccc(OCc3ccccc3C#N)cc2)cc1. The lowest BCUT2D eigenvalue weighted by atomic mass is 10.1. The smallest absolute Gasteiger partial charge is 0.244 e. The molecule has 1 N–H and O–H groups in total. The van der Waals surface area contributed by atoms with E-state index in [1.54, 1.807) is 12.3 Å². The van der Waals surface area contributed by atoms with Crippen LogP contribution in [0.25, 0.3) is 0 Å². The molecule has 0 atom stereocenters. The maximum atomic E-state index is 12.0. The highest BCUT2D eigenvalue weighted by Crippen LogP contribution is 2.15. The van der Waals surface area contributed by atoms with E-state index >= 15 is 0 Å². The van der Waals surface area contributed by atoms with Crippen LogP contribution in [0.1, 0.15) is 29.2 Å². The Balaban J connectivity index is 1.46. The van der Waals surface area contributed by atoms with E-state index in [0.29, 0.717) is 24.5 Å². The minimum atomic E-state index is -0.198. The van der Waals surface area contributed by atoms with Crippen LogP contribution < -0.4 is 14.9 Å². The summed E-state index contributed by atoms with van der Waals surface area (Å²) in [6.45, 7) is 2.85. The van der Waals surface area contributed by atoms with Crippen LogP contribution in [0.2, 0.25) is 0 Å². The number of carbonyl (C=O) groups is 1. The van der Waals surface area contributed by atoms with Crippen molar-refractivity contribution in [2.75, 3.05) is 6.61 Å². The van der Waals surface area contributed by atoms with E-state index in [-0.39, 0.29) is 12.3 Å². The minimum Gasteiger partial charge on any atom is -0.494 e. The molecule has 3 rings (SSSR count). The second-order valence-electron chi connectivity index (χ2n) is 6.67. The third-order valence-electron chi connectivity index (χ3n) is 4.41. The molecular formula is C25H23N3O3. The Labute approximate surface area is 181 Å².